The molecule has 0 saturated carbocycles. The average molecular weight is 318 g/mol. The molecule has 2 rings (SSSR count). The predicted molar refractivity (Wildman–Crippen MR) is 72.8 cm³/mol. The molecule has 0 radical (unpaired) electrons. The fourth-order valence-corrected chi connectivity index (χ4v) is 2.55. The summed E-state index contributed by atoms with van der Waals surface area (Å²) in [7, 11) is 1.52. The number of hydrogen-bond donors (Lipinski definition) is 3. The number of aliphatic hydroxyl groups excluding tert-OH is 2. The molecule has 0 aromatic heterocycles. The SMILES string of the molecule is COCCO[C@@H]1[C@H](O)[C@@H](CO)O[C@H]1N1CC(C)C(=O)NC1=O. The molecule has 9 nitrogen and oxygen atoms in total. The van der Waals surface area contributed by atoms with E-state index in [9.17, 15) is 19.8 Å². The lowest BCUT2D eigenvalue weighted by atomic mass is 10.1. The number of hydrogen-bond acceptors (Lipinski definition) is 7. The summed E-state index contributed by atoms with van der Waals surface area (Å²) in [6, 6.07) is -0.598. The minimum absolute atomic E-state index is 0.157. The van der Waals surface area contributed by atoms with Crippen molar-refractivity contribution < 1.29 is 34.0 Å². The molecule has 2 heterocycles. The summed E-state index contributed by atoms with van der Waals surface area (Å²) in [5.74, 6) is -0.749. The number of urea groups is 1. The maximum atomic E-state index is 12.0. The van der Waals surface area contributed by atoms with Gasteiger partial charge in [-0.15, -0.1) is 0 Å². The molecule has 2 aliphatic rings. The molecule has 0 bridgehead atoms. The van der Waals surface area contributed by atoms with E-state index in [1.54, 1.807) is 6.92 Å². The lowest BCUT2D eigenvalue weighted by Gasteiger charge is -2.36. The molecule has 3 amide bonds. The van der Waals surface area contributed by atoms with Gasteiger partial charge in [-0.25, -0.2) is 4.79 Å². The third kappa shape index (κ3) is 3.39. The molecule has 9 heteroatoms. The Morgan fingerprint density at radius 3 is 2.77 bits per heavy atom. The van der Waals surface area contributed by atoms with Crippen LogP contribution >= 0.6 is 0 Å². The quantitative estimate of drug-likeness (QED) is 0.499. The molecule has 0 aromatic rings. The summed E-state index contributed by atoms with van der Waals surface area (Å²) in [4.78, 5) is 24.8. The van der Waals surface area contributed by atoms with Crippen LogP contribution in [-0.4, -0.2) is 85.1 Å². The summed E-state index contributed by atoms with van der Waals surface area (Å²) in [5.41, 5.74) is 0. The first-order valence-corrected chi connectivity index (χ1v) is 7.16. The molecule has 5 atom stereocenters. The van der Waals surface area contributed by atoms with E-state index >= 15 is 0 Å². The van der Waals surface area contributed by atoms with Crippen LogP contribution in [0.2, 0.25) is 0 Å². The molecular weight excluding hydrogens is 296 g/mol. The Bertz CT molecular complexity index is 419. The van der Waals surface area contributed by atoms with E-state index in [-0.39, 0.29) is 19.1 Å². The molecular formula is C13H22N2O7. The van der Waals surface area contributed by atoms with Gasteiger partial charge in [0.1, 0.15) is 18.3 Å². The summed E-state index contributed by atoms with van der Waals surface area (Å²) in [6.07, 6.45) is -3.62. The summed E-state index contributed by atoms with van der Waals surface area (Å²) >= 11 is 0. The highest BCUT2D eigenvalue weighted by molar-refractivity contribution is 5.97. The van der Waals surface area contributed by atoms with Crippen molar-refractivity contribution in [2.24, 2.45) is 5.92 Å². The van der Waals surface area contributed by atoms with Gasteiger partial charge >= 0.3 is 6.03 Å². The highest BCUT2D eigenvalue weighted by Crippen LogP contribution is 2.28. The Morgan fingerprint density at radius 1 is 1.41 bits per heavy atom. The largest absolute Gasteiger partial charge is 0.394 e. The monoisotopic (exact) mass is 318 g/mol. The predicted octanol–water partition coefficient (Wildman–Crippen LogP) is -1.72. The third-order valence-electron chi connectivity index (χ3n) is 3.81. The molecule has 0 aromatic carbocycles. The molecule has 126 valence electrons. The minimum atomic E-state index is -1.08. The van der Waals surface area contributed by atoms with E-state index in [2.05, 4.69) is 5.32 Å². The zero-order chi connectivity index (χ0) is 16.3. The van der Waals surface area contributed by atoms with Crippen molar-refractivity contribution in [1.82, 2.24) is 10.2 Å². The molecule has 2 saturated heterocycles. The average Bonchev–Trinajstić information content (AvgIpc) is 2.80. The van der Waals surface area contributed by atoms with E-state index in [0.29, 0.717) is 6.61 Å². The van der Waals surface area contributed by atoms with Gasteiger partial charge in [-0.3, -0.25) is 15.0 Å². The van der Waals surface area contributed by atoms with Gasteiger partial charge in [-0.1, -0.05) is 6.92 Å². The molecule has 0 spiro atoms. The summed E-state index contributed by atoms with van der Waals surface area (Å²) < 4.78 is 16.0. The third-order valence-corrected chi connectivity index (χ3v) is 3.81. The minimum Gasteiger partial charge on any atom is -0.394 e. The Morgan fingerprint density at radius 2 is 2.14 bits per heavy atom. The van der Waals surface area contributed by atoms with Crippen LogP contribution in [0.1, 0.15) is 6.92 Å². The lowest BCUT2D eigenvalue weighted by molar-refractivity contribution is -0.133. The Balaban J connectivity index is 2.11. The normalized spacial score (nSPS) is 35.8. The zero-order valence-electron chi connectivity index (χ0n) is 12.6. The van der Waals surface area contributed by atoms with Crippen molar-refractivity contribution in [3.8, 4) is 0 Å². The number of nitrogens with zero attached hydrogens (tertiary/aromatic N) is 1. The van der Waals surface area contributed by atoms with Gasteiger partial charge in [0.15, 0.2) is 6.23 Å². The summed E-state index contributed by atoms with van der Waals surface area (Å²) in [6.45, 7) is 1.97. The Hall–Kier alpha value is -1.26. The Labute approximate surface area is 128 Å². The van der Waals surface area contributed by atoms with Crippen LogP contribution in [0.3, 0.4) is 0 Å². The number of amides is 3. The van der Waals surface area contributed by atoms with E-state index < -0.39 is 43.1 Å². The van der Waals surface area contributed by atoms with Crippen molar-refractivity contribution in [3.63, 3.8) is 0 Å². The molecule has 22 heavy (non-hydrogen) atoms. The second kappa shape index (κ2) is 7.34. The first-order chi connectivity index (χ1) is 10.5. The van der Waals surface area contributed by atoms with Crippen molar-refractivity contribution in [1.29, 1.82) is 0 Å². The highest BCUT2D eigenvalue weighted by Gasteiger charge is 2.49. The van der Waals surface area contributed by atoms with Gasteiger partial charge < -0.3 is 24.4 Å². The number of carbonyl (C=O) groups is 2. The topological polar surface area (TPSA) is 118 Å². The van der Waals surface area contributed by atoms with Gasteiger partial charge in [-0.2, -0.15) is 0 Å². The van der Waals surface area contributed by atoms with E-state index in [4.69, 9.17) is 14.2 Å². The fourth-order valence-electron chi connectivity index (χ4n) is 2.55. The molecule has 1 unspecified atom stereocenters. The smallest absolute Gasteiger partial charge is 0.326 e. The van der Waals surface area contributed by atoms with Crippen LogP contribution < -0.4 is 5.32 Å². The first-order valence-electron chi connectivity index (χ1n) is 7.16. The molecule has 3 N–H and O–H groups in total. The zero-order valence-corrected chi connectivity index (χ0v) is 12.6. The number of imide groups is 1. The van der Waals surface area contributed by atoms with Crippen LogP contribution in [0.25, 0.3) is 0 Å². The molecule has 0 aliphatic carbocycles. The number of methoxy groups -OCH3 is 1. The standard InChI is InChI=1S/C13H22N2O7/c1-7-5-15(13(19)14-11(7)18)12-10(21-4-3-20-2)9(17)8(6-16)22-12/h7-10,12,16-17H,3-6H2,1-2H3,(H,14,18,19)/t7?,8-,9-,10-,12-/m1/s1. The van der Waals surface area contributed by atoms with Crippen molar-refractivity contribution >= 4 is 11.9 Å². The van der Waals surface area contributed by atoms with Gasteiger partial charge in [0, 0.05) is 13.7 Å². The first kappa shape index (κ1) is 17.1. The van der Waals surface area contributed by atoms with Crippen molar-refractivity contribution in [3.05, 3.63) is 0 Å². The van der Waals surface area contributed by atoms with Gasteiger partial charge in [0.05, 0.1) is 25.7 Å². The van der Waals surface area contributed by atoms with E-state index in [1.165, 1.54) is 12.0 Å². The van der Waals surface area contributed by atoms with Crippen molar-refractivity contribution in [2.45, 2.75) is 31.5 Å². The van der Waals surface area contributed by atoms with Crippen LogP contribution in [-0.2, 0) is 19.0 Å². The molecule has 2 fully saturated rings. The lowest BCUT2D eigenvalue weighted by Crippen LogP contribution is -2.59. The second-order valence-corrected chi connectivity index (χ2v) is 5.41. The summed E-state index contributed by atoms with van der Waals surface area (Å²) in [5, 5.41) is 21.7. The Kier molecular flexibility index (Phi) is 5.70. The number of nitrogens with one attached hydrogen (secondary N) is 1. The number of carbonyl (C=O) groups excluding carboxylic acids is 2. The number of aliphatic hydroxyl groups is 2. The molecule has 2 aliphatic heterocycles. The van der Waals surface area contributed by atoms with Crippen molar-refractivity contribution in [2.75, 3.05) is 33.5 Å². The van der Waals surface area contributed by atoms with Gasteiger partial charge in [0.25, 0.3) is 0 Å². The maximum Gasteiger partial charge on any atom is 0.326 e. The second-order valence-electron chi connectivity index (χ2n) is 5.41. The highest BCUT2D eigenvalue weighted by atomic mass is 16.6. The van der Waals surface area contributed by atoms with Crippen LogP contribution in [0.15, 0.2) is 0 Å². The fraction of sp³-hybridized carbons (Fsp3) is 0.846. The van der Waals surface area contributed by atoms with E-state index in [1.807, 2.05) is 0 Å². The van der Waals surface area contributed by atoms with Gasteiger partial charge in [-0.05, 0) is 0 Å². The maximum absolute atomic E-state index is 12.0. The van der Waals surface area contributed by atoms with Crippen LogP contribution in [0.4, 0.5) is 4.79 Å². The van der Waals surface area contributed by atoms with Gasteiger partial charge in [0.2, 0.25) is 5.91 Å². The number of ether oxygens (including phenoxy) is 3. The van der Waals surface area contributed by atoms with Crippen LogP contribution in [0, 0.1) is 5.92 Å². The number of rotatable bonds is 6. The van der Waals surface area contributed by atoms with E-state index in [0.717, 1.165) is 0 Å². The van der Waals surface area contributed by atoms with Crippen LogP contribution in [0.5, 0.6) is 0 Å².